The SMILES string of the molecule is Cc1ccc(N=Nc2c(C)c(C#N)c(O)n(C(C)c3ccccc3)c2=O)cc1[N+](=O)[O-]. The highest BCUT2D eigenvalue weighted by Crippen LogP contribution is 2.31. The molecule has 0 saturated heterocycles. The first-order valence-corrected chi connectivity index (χ1v) is 9.36. The van der Waals surface area contributed by atoms with E-state index in [9.17, 15) is 25.3 Å². The Balaban J connectivity index is 2.17. The van der Waals surface area contributed by atoms with Crippen LogP contribution in [-0.2, 0) is 0 Å². The van der Waals surface area contributed by atoms with Crippen molar-refractivity contribution in [2.45, 2.75) is 26.8 Å². The maximum atomic E-state index is 13.2. The van der Waals surface area contributed by atoms with Crippen LogP contribution < -0.4 is 5.56 Å². The van der Waals surface area contributed by atoms with Gasteiger partial charge >= 0.3 is 0 Å². The van der Waals surface area contributed by atoms with E-state index < -0.39 is 22.4 Å². The van der Waals surface area contributed by atoms with Crippen molar-refractivity contribution >= 4 is 17.1 Å². The van der Waals surface area contributed by atoms with E-state index in [0.29, 0.717) is 5.56 Å². The van der Waals surface area contributed by atoms with Crippen LogP contribution in [0.3, 0.4) is 0 Å². The van der Waals surface area contributed by atoms with Crippen molar-refractivity contribution in [1.82, 2.24) is 4.57 Å². The fourth-order valence-electron chi connectivity index (χ4n) is 3.23. The Morgan fingerprint density at radius 2 is 1.84 bits per heavy atom. The second-order valence-electron chi connectivity index (χ2n) is 6.97. The summed E-state index contributed by atoms with van der Waals surface area (Å²) in [5, 5.41) is 39.3. The molecule has 1 heterocycles. The molecule has 3 aromatic rings. The molecule has 3 rings (SSSR count). The van der Waals surface area contributed by atoms with Gasteiger partial charge in [-0.1, -0.05) is 36.4 Å². The predicted molar refractivity (Wildman–Crippen MR) is 114 cm³/mol. The van der Waals surface area contributed by atoms with Crippen LogP contribution in [-0.4, -0.2) is 14.6 Å². The molecule has 156 valence electrons. The van der Waals surface area contributed by atoms with Crippen molar-refractivity contribution in [3.63, 3.8) is 0 Å². The number of nitriles is 1. The Morgan fingerprint density at radius 1 is 1.16 bits per heavy atom. The van der Waals surface area contributed by atoms with Crippen LogP contribution >= 0.6 is 0 Å². The average Bonchev–Trinajstić information content (AvgIpc) is 2.75. The highest BCUT2D eigenvalue weighted by Gasteiger charge is 2.23. The predicted octanol–water partition coefficient (Wildman–Crippen LogP) is 4.98. The first-order chi connectivity index (χ1) is 14.8. The van der Waals surface area contributed by atoms with Gasteiger partial charge in [0.2, 0.25) is 5.88 Å². The van der Waals surface area contributed by atoms with Gasteiger partial charge in [0.25, 0.3) is 11.2 Å². The molecule has 0 bridgehead atoms. The molecule has 0 aliphatic heterocycles. The average molecular weight is 417 g/mol. The largest absolute Gasteiger partial charge is 0.493 e. The van der Waals surface area contributed by atoms with Gasteiger partial charge in [0.15, 0.2) is 5.69 Å². The number of aromatic nitrogens is 1. The van der Waals surface area contributed by atoms with Gasteiger partial charge in [0.1, 0.15) is 11.6 Å². The summed E-state index contributed by atoms with van der Waals surface area (Å²) in [6.45, 7) is 4.81. The number of rotatable bonds is 5. The number of hydrogen-bond acceptors (Lipinski definition) is 7. The van der Waals surface area contributed by atoms with Crippen LogP contribution in [0.15, 0.2) is 63.6 Å². The van der Waals surface area contributed by atoms with Gasteiger partial charge < -0.3 is 5.11 Å². The number of azo groups is 1. The highest BCUT2D eigenvalue weighted by molar-refractivity contribution is 5.58. The summed E-state index contributed by atoms with van der Waals surface area (Å²) in [6, 6.07) is 14.7. The summed E-state index contributed by atoms with van der Waals surface area (Å²) < 4.78 is 1.09. The van der Waals surface area contributed by atoms with E-state index in [2.05, 4.69) is 10.2 Å². The summed E-state index contributed by atoms with van der Waals surface area (Å²) in [7, 11) is 0. The summed E-state index contributed by atoms with van der Waals surface area (Å²) in [6.07, 6.45) is 0. The lowest BCUT2D eigenvalue weighted by atomic mass is 10.1. The second-order valence-corrected chi connectivity index (χ2v) is 6.97. The van der Waals surface area contributed by atoms with Crippen molar-refractivity contribution in [2.75, 3.05) is 0 Å². The number of nitro benzene ring substituents is 1. The van der Waals surface area contributed by atoms with Crippen molar-refractivity contribution in [3.8, 4) is 11.9 Å². The molecule has 2 aromatic carbocycles. The summed E-state index contributed by atoms with van der Waals surface area (Å²) in [4.78, 5) is 23.8. The van der Waals surface area contributed by atoms with E-state index in [-0.39, 0.29) is 28.2 Å². The van der Waals surface area contributed by atoms with Crippen LogP contribution in [0.1, 0.15) is 35.2 Å². The molecule has 0 aliphatic rings. The van der Waals surface area contributed by atoms with Crippen molar-refractivity contribution < 1.29 is 10.0 Å². The monoisotopic (exact) mass is 417 g/mol. The van der Waals surface area contributed by atoms with Crippen LogP contribution in [0, 0.1) is 35.3 Å². The lowest BCUT2D eigenvalue weighted by molar-refractivity contribution is -0.385. The summed E-state index contributed by atoms with van der Waals surface area (Å²) in [5.41, 5.74) is 0.617. The molecule has 1 atom stereocenters. The zero-order valence-corrected chi connectivity index (χ0v) is 17.1. The smallest absolute Gasteiger partial charge is 0.282 e. The lowest BCUT2D eigenvalue weighted by Crippen LogP contribution is -2.25. The maximum Gasteiger partial charge on any atom is 0.282 e. The number of aromatic hydroxyl groups is 1. The number of nitrogens with zero attached hydrogens (tertiary/aromatic N) is 5. The zero-order chi connectivity index (χ0) is 22.7. The first-order valence-electron chi connectivity index (χ1n) is 9.36. The topological polar surface area (TPSA) is 134 Å². The molecule has 9 heteroatoms. The van der Waals surface area contributed by atoms with Gasteiger partial charge in [0.05, 0.1) is 16.7 Å². The molecule has 0 saturated carbocycles. The van der Waals surface area contributed by atoms with E-state index in [4.69, 9.17) is 0 Å². The Morgan fingerprint density at radius 3 is 2.45 bits per heavy atom. The van der Waals surface area contributed by atoms with Crippen molar-refractivity contribution in [3.05, 3.63) is 91.3 Å². The van der Waals surface area contributed by atoms with Gasteiger partial charge in [-0.2, -0.15) is 10.4 Å². The van der Waals surface area contributed by atoms with Gasteiger partial charge in [-0.3, -0.25) is 19.5 Å². The van der Waals surface area contributed by atoms with Crippen molar-refractivity contribution in [2.24, 2.45) is 10.2 Å². The second kappa shape index (κ2) is 8.59. The van der Waals surface area contributed by atoms with Crippen LogP contribution in [0.25, 0.3) is 0 Å². The van der Waals surface area contributed by atoms with E-state index in [1.807, 2.05) is 12.1 Å². The fraction of sp³-hybridized carbons (Fsp3) is 0.182. The normalized spacial score (nSPS) is 11.9. The number of pyridine rings is 1. The molecule has 1 N–H and O–H groups in total. The van der Waals surface area contributed by atoms with Gasteiger partial charge in [-0.25, -0.2) is 0 Å². The van der Waals surface area contributed by atoms with E-state index in [1.54, 1.807) is 38.1 Å². The highest BCUT2D eigenvalue weighted by atomic mass is 16.6. The third-order valence-corrected chi connectivity index (χ3v) is 5.04. The minimum absolute atomic E-state index is 0.0915. The molecule has 0 aliphatic carbocycles. The third kappa shape index (κ3) is 4.04. The molecular weight excluding hydrogens is 398 g/mol. The van der Waals surface area contributed by atoms with E-state index in [0.717, 1.165) is 10.1 Å². The molecule has 0 fully saturated rings. The minimum atomic E-state index is -0.629. The molecular formula is C22H19N5O4. The number of nitro groups is 1. The Hall–Kier alpha value is -4.32. The molecule has 0 radical (unpaired) electrons. The number of hydrogen-bond donors (Lipinski definition) is 1. The lowest BCUT2D eigenvalue weighted by Gasteiger charge is -2.19. The number of aryl methyl sites for hydroxylation is 1. The summed E-state index contributed by atoms with van der Waals surface area (Å²) in [5.74, 6) is -0.453. The molecule has 31 heavy (non-hydrogen) atoms. The van der Waals surface area contributed by atoms with E-state index >= 15 is 0 Å². The quantitative estimate of drug-likeness (QED) is 0.355. The van der Waals surface area contributed by atoms with Crippen LogP contribution in [0.5, 0.6) is 5.88 Å². The fourth-order valence-corrected chi connectivity index (χ4v) is 3.23. The Kier molecular flexibility index (Phi) is 5.93. The first kappa shape index (κ1) is 21.4. The number of benzene rings is 2. The minimum Gasteiger partial charge on any atom is -0.493 e. The third-order valence-electron chi connectivity index (χ3n) is 5.04. The zero-order valence-electron chi connectivity index (χ0n) is 17.1. The molecule has 1 aromatic heterocycles. The molecule has 0 amide bonds. The molecule has 9 nitrogen and oxygen atoms in total. The van der Waals surface area contributed by atoms with E-state index in [1.165, 1.54) is 25.1 Å². The van der Waals surface area contributed by atoms with Gasteiger partial charge in [-0.15, -0.1) is 5.11 Å². The molecule has 1 unspecified atom stereocenters. The Bertz CT molecular complexity index is 1290. The van der Waals surface area contributed by atoms with Gasteiger partial charge in [-0.05, 0) is 32.4 Å². The summed E-state index contributed by atoms with van der Waals surface area (Å²) >= 11 is 0. The standard InChI is InChI=1S/C22H19N5O4/c1-13-9-10-17(11-19(13)27(30)31)24-25-20-14(2)18(12-23)21(28)26(22(20)29)15(3)16-7-5-4-6-8-16/h4-11,15,28H,1-3H3. The van der Waals surface area contributed by atoms with Crippen LogP contribution in [0.2, 0.25) is 0 Å². The van der Waals surface area contributed by atoms with Crippen molar-refractivity contribution in [1.29, 1.82) is 5.26 Å². The van der Waals surface area contributed by atoms with Gasteiger partial charge in [0, 0.05) is 17.2 Å². The van der Waals surface area contributed by atoms with Crippen LogP contribution in [0.4, 0.5) is 17.1 Å². The molecule has 0 spiro atoms. The maximum absolute atomic E-state index is 13.2. The Labute approximate surface area is 177 Å².